The largest absolute Gasteiger partial charge is 0.379 e. The van der Waals surface area contributed by atoms with Gasteiger partial charge in [0.15, 0.2) is 0 Å². The number of anilines is 1. The van der Waals surface area contributed by atoms with Crippen molar-refractivity contribution in [2.45, 2.75) is 24.9 Å². The molecule has 7 nitrogen and oxygen atoms in total. The average molecular weight is 329 g/mol. The predicted molar refractivity (Wildman–Crippen MR) is 91.9 cm³/mol. The van der Waals surface area contributed by atoms with E-state index in [1.165, 1.54) is 0 Å². The number of fused-ring (bicyclic) bond motifs is 1. The van der Waals surface area contributed by atoms with Gasteiger partial charge in [-0.25, -0.2) is 0 Å². The molecule has 2 fully saturated rings. The Hall–Kier alpha value is -1.96. The van der Waals surface area contributed by atoms with E-state index in [-0.39, 0.29) is 11.9 Å². The highest BCUT2D eigenvalue weighted by atomic mass is 16.5. The fraction of sp³-hybridized carbons (Fsp3) is 0.529. The van der Waals surface area contributed by atoms with E-state index in [9.17, 15) is 4.79 Å². The molecule has 1 aromatic heterocycles. The summed E-state index contributed by atoms with van der Waals surface area (Å²) in [6.45, 7) is 4.48. The Morgan fingerprint density at radius 3 is 2.96 bits per heavy atom. The van der Waals surface area contributed by atoms with Crippen molar-refractivity contribution < 1.29 is 9.53 Å². The molecule has 0 bridgehead atoms. The van der Waals surface area contributed by atoms with Crippen LogP contribution < -0.4 is 10.6 Å². The number of ether oxygens (including phenoxy) is 1. The van der Waals surface area contributed by atoms with Gasteiger partial charge in [-0.3, -0.25) is 14.8 Å². The summed E-state index contributed by atoms with van der Waals surface area (Å²) >= 11 is 0. The number of aromatic nitrogens is 2. The normalized spacial score (nSPS) is 25.7. The fourth-order valence-electron chi connectivity index (χ4n) is 3.57. The molecule has 7 heteroatoms. The van der Waals surface area contributed by atoms with E-state index in [2.05, 4.69) is 25.7 Å². The van der Waals surface area contributed by atoms with E-state index in [1.54, 1.807) is 6.20 Å². The fourth-order valence-corrected chi connectivity index (χ4v) is 3.57. The number of piperidine rings is 1. The van der Waals surface area contributed by atoms with Crippen LogP contribution in [0, 0.1) is 0 Å². The third-order valence-electron chi connectivity index (χ3n) is 4.97. The summed E-state index contributed by atoms with van der Waals surface area (Å²) in [5.74, 6) is 0.0401. The minimum absolute atomic E-state index is 0.0401. The van der Waals surface area contributed by atoms with Crippen molar-refractivity contribution in [1.29, 1.82) is 0 Å². The van der Waals surface area contributed by atoms with E-state index >= 15 is 0 Å². The van der Waals surface area contributed by atoms with Crippen LogP contribution in [0.4, 0.5) is 5.69 Å². The van der Waals surface area contributed by atoms with Gasteiger partial charge in [-0.05, 0) is 31.0 Å². The molecule has 2 aromatic rings. The number of nitrogens with zero attached hydrogens (tertiary/aromatic N) is 2. The van der Waals surface area contributed by atoms with Crippen LogP contribution >= 0.6 is 0 Å². The summed E-state index contributed by atoms with van der Waals surface area (Å²) < 4.78 is 5.41. The Labute approximate surface area is 140 Å². The first kappa shape index (κ1) is 15.6. The highest BCUT2D eigenvalue weighted by Gasteiger charge is 2.29. The van der Waals surface area contributed by atoms with E-state index < -0.39 is 0 Å². The zero-order valence-electron chi connectivity index (χ0n) is 13.6. The van der Waals surface area contributed by atoms with E-state index in [1.807, 2.05) is 18.2 Å². The molecular formula is C17H23N5O2. The van der Waals surface area contributed by atoms with Gasteiger partial charge in [0, 0.05) is 36.7 Å². The molecule has 128 valence electrons. The quantitative estimate of drug-likeness (QED) is 0.781. The van der Waals surface area contributed by atoms with Crippen LogP contribution in [0.25, 0.3) is 10.9 Å². The van der Waals surface area contributed by atoms with Crippen molar-refractivity contribution in [2.75, 3.05) is 38.2 Å². The lowest BCUT2D eigenvalue weighted by Crippen LogP contribution is -2.55. The van der Waals surface area contributed by atoms with Crippen molar-refractivity contribution >= 4 is 22.5 Å². The number of H-pyrrole nitrogens is 1. The number of nitrogens with one attached hydrogen (secondary N) is 3. The minimum Gasteiger partial charge on any atom is -0.379 e. The molecule has 24 heavy (non-hydrogen) atoms. The molecular weight excluding hydrogens is 306 g/mol. The molecule has 0 saturated carbocycles. The van der Waals surface area contributed by atoms with Gasteiger partial charge < -0.3 is 15.4 Å². The second-order valence-corrected chi connectivity index (χ2v) is 6.50. The van der Waals surface area contributed by atoms with E-state index in [4.69, 9.17) is 4.74 Å². The second-order valence-electron chi connectivity index (χ2n) is 6.50. The van der Waals surface area contributed by atoms with Crippen molar-refractivity contribution in [2.24, 2.45) is 0 Å². The van der Waals surface area contributed by atoms with Crippen molar-refractivity contribution in [3.05, 3.63) is 24.4 Å². The minimum atomic E-state index is -0.123. The second kappa shape index (κ2) is 6.88. The Kier molecular flexibility index (Phi) is 4.46. The summed E-state index contributed by atoms with van der Waals surface area (Å²) in [7, 11) is 0. The van der Waals surface area contributed by atoms with Crippen molar-refractivity contribution in [3.8, 4) is 0 Å². The number of benzene rings is 1. The molecule has 3 N–H and O–H groups in total. The van der Waals surface area contributed by atoms with Crippen LogP contribution in [0.1, 0.15) is 12.8 Å². The summed E-state index contributed by atoms with van der Waals surface area (Å²) in [6, 6.07) is 6.16. The zero-order valence-corrected chi connectivity index (χ0v) is 13.6. The van der Waals surface area contributed by atoms with Gasteiger partial charge in [-0.1, -0.05) is 0 Å². The lowest BCUT2D eigenvalue weighted by atomic mass is 9.98. The van der Waals surface area contributed by atoms with Gasteiger partial charge in [0.25, 0.3) is 0 Å². The monoisotopic (exact) mass is 329 g/mol. The van der Waals surface area contributed by atoms with Gasteiger partial charge in [0.2, 0.25) is 5.91 Å². The maximum Gasteiger partial charge on any atom is 0.241 e. The smallest absolute Gasteiger partial charge is 0.241 e. The standard InChI is InChI=1S/C17H23N5O2/c23-17(20-13-1-3-15-12(9-13)10-19-21-15)16-4-2-14(11-18-16)22-5-7-24-8-6-22/h1,3,9-10,14,16,18H,2,4-8,11H2,(H,19,21)(H,20,23). The zero-order chi connectivity index (χ0) is 16.4. The number of hydrogen-bond donors (Lipinski definition) is 3. The molecule has 4 rings (SSSR count). The average Bonchev–Trinajstić information content (AvgIpc) is 3.10. The number of aromatic amines is 1. The molecule has 2 saturated heterocycles. The molecule has 0 radical (unpaired) electrons. The van der Waals surface area contributed by atoms with Gasteiger partial charge in [-0.2, -0.15) is 5.10 Å². The summed E-state index contributed by atoms with van der Waals surface area (Å²) in [4.78, 5) is 15.0. The van der Waals surface area contributed by atoms with Crippen LogP contribution in [0.2, 0.25) is 0 Å². The maximum absolute atomic E-state index is 12.5. The molecule has 2 unspecified atom stereocenters. The molecule has 1 amide bonds. The number of hydrogen-bond acceptors (Lipinski definition) is 5. The van der Waals surface area contributed by atoms with Crippen LogP contribution in [0.15, 0.2) is 24.4 Å². The number of carbonyl (C=O) groups is 1. The predicted octanol–water partition coefficient (Wildman–Crippen LogP) is 0.954. The summed E-state index contributed by atoms with van der Waals surface area (Å²) in [6.07, 6.45) is 3.67. The lowest BCUT2D eigenvalue weighted by Gasteiger charge is -2.38. The highest BCUT2D eigenvalue weighted by Crippen LogP contribution is 2.19. The van der Waals surface area contributed by atoms with E-state index in [0.29, 0.717) is 6.04 Å². The lowest BCUT2D eigenvalue weighted by molar-refractivity contribution is -0.119. The highest BCUT2D eigenvalue weighted by molar-refractivity contribution is 5.96. The summed E-state index contributed by atoms with van der Waals surface area (Å²) in [5.41, 5.74) is 1.78. The maximum atomic E-state index is 12.5. The topological polar surface area (TPSA) is 82.3 Å². The Balaban J connectivity index is 1.32. The van der Waals surface area contributed by atoms with Gasteiger partial charge in [0.05, 0.1) is 31.0 Å². The number of rotatable bonds is 3. The molecule has 0 aliphatic carbocycles. The summed E-state index contributed by atoms with van der Waals surface area (Å²) in [5, 5.41) is 14.3. The van der Waals surface area contributed by atoms with Crippen molar-refractivity contribution in [3.63, 3.8) is 0 Å². The first-order valence-corrected chi connectivity index (χ1v) is 8.59. The first-order valence-electron chi connectivity index (χ1n) is 8.59. The third-order valence-corrected chi connectivity index (χ3v) is 4.97. The van der Waals surface area contributed by atoms with Crippen molar-refractivity contribution in [1.82, 2.24) is 20.4 Å². The molecule has 2 aliphatic rings. The van der Waals surface area contributed by atoms with Gasteiger partial charge in [-0.15, -0.1) is 0 Å². The van der Waals surface area contributed by atoms with Crippen LogP contribution in [0.5, 0.6) is 0 Å². The number of morpholine rings is 1. The number of carbonyl (C=O) groups excluding carboxylic acids is 1. The SMILES string of the molecule is O=C(Nc1ccc2[nH]ncc2c1)C1CCC(N2CCOCC2)CN1. The van der Waals surface area contributed by atoms with Gasteiger partial charge >= 0.3 is 0 Å². The van der Waals surface area contributed by atoms with Gasteiger partial charge in [0.1, 0.15) is 0 Å². The molecule has 2 aliphatic heterocycles. The Morgan fingerprint density at radius 1 is 1.29 bits per heavy atom. The molecule has 1 aromatic carbocycles. The molecule has 3 heterocycles. The van der Waals surface area contributed by atoms with E-state index in [0.717, 1.165) is 62.3 Å². The van der Waals surface area contributed by atoms with Crippen LogP contribution in [0.3, 0.4) is 0 Å². The first-order chi connectivity index (χ1) is 11.8. The number of amides is 1. The Bertz CT molecular complexity index is 702. The molecule has 2 atom stereocenters. The third kappa shape index (κ3) is 3.28. The van der Waals surface area contributed by atoms with Crippen LogP contribution in [-0.4, -0.2) is 65.9 Å². The Morgan fingerprint density at radius 2 is 2.17 bits per heavy atom. The van der Waals surface area contributed by atoms with Crippen LogP contribution in [-0.2, 0) is 9.53 Å². The molecule has 0 spiro atoms.